The lowest BCUT2D eigenvalue weighted by molar-refractivity contribution is 1.04. The van der Waals surface area contributed by atoms with E-state index in [0.717, 1.165) is 17.8 Å². The third-order valence-electron chi connectivity index (χ3n) is 3.41. The van der Waals surface area contributed by atoms with Crippen molar-refractivity contribution in [2.45, 2.75) is 13.3 Å². The van der Waals surface area contributed by atoms with Gasteiger partial charge in [0.05, 0.1) is 5.69 Å². The normalized spacial score (nSPS) is 10.4. The number of aromatic nitrogens is 1. The Bertz CT molecular complexity index is 687. The molecule has 0 amide bonds. The highest BCUT2D eigenvalue weighted by molar-refractivity contribution is 5.66. The SMILES string of the molecule is Cc1ccc(-c2ccccc2)c(Cc2ccccc2)n1. The van der Waals surface area contributed by atoms with E-state index in [0.29, 0.717) is 0 Å². The van der Waals surface area contributed by atoms with Crippen molar-refractivity contribution in [3.05, 3.63) is 89.7 Å². The van der Waals surface area contributed by atoms with Crippen molar-refractivity contribution < 1.29 is 0 Å². The molecule has 1 heteroatoms. The Labute approximate surface area is 119 Å². The van der Waals surface area contributed by atoms with Gasteiger partial charge in [0.2, 0.25) is 0 Å². The molecule has 98 valence electrons. The molecule has 20 heavy (non-hydrogen) atoms. The van der Waals surface area contributed by atoms with Crippen LogP contribution in [0.25, 0.3) is 11.1 Å². The van der Waals surface area contributed by atoms with Crippen LogP contribution in [0.4, 0.5) is 0 Å². The molecule has 0 atom stereocenters. The fourth-order valence-corrected chi connectivity index (χ4v) is 2.42. The van der Waals surface area contributed by atoms with Crippen LogP contribution in [0.1, 0.15) is 17.0 Å². The highest BCUT2D eigenvalue weighted by atomic mass is 14.7. The van der Waals surface area contributed by atoms with Gasteiger partial charge >= 0.3 is 0 Å². The number of hydrogen-bond acceptors (Lipinski definition) is 1. The topological polar surface area (TPSA) is 12.9 Å². The molecule has 1 nitrogen and oxygen atoms in total. The molecule has 2 aromatic carbocycles. The Balaban J connectivity index is 2.03. The van der Waals surface area contributed by atoms with Gasteiger partial charge in [0.15, 0.2) is 0 Å². The molecule has 0 radical (unpaired) electrons. The summed E-state index contributed by atoms with van der Waals surface area (Å²) < 4.78 is 0. The molecule has 3 rings (SSSR count). The van der Waals surface area contributed by atoms with Gasteiger partial charge in [0.25, 0.3) is 0 Å². The lowest BCUT2D eigenvalue weighted by Crippen LogP contribution is -1.97. The fraction of sp³-hybridized carbons (Fsp3) is 0.105. The molecule has 0 saturated carbocycles. The molecule has 0 unspecified atom stereocenters. The van der Waals surface area contributed by atoms with Gasteiger partial charge in [-0.05, 0) is 24.1 Å². The van der Waals surface area contributed by atoms with Crippen LogP contribution in [0.3, 0.4) is 0 Å². The van der Waals surface area contributed by atoms with Gasteiger partial charge in [-0.1, -0.05) is 66.7 Å². The summed E-state index contributed by atoms with van der Waals surface area (Å²) in [6.07, 6.45) is 0.868. The van der Waals surface area contributed by atoms with Gasteiger partial charge in [0.1, 0.15) is 0 Å². The van der Waals surface area contributed by atoms with Crippen molar-refractivity contribution in [1.29, 1.82) is 0 Å². The van der Waals surface area contributed by atoms with E-state index in [1.165, 1.54) is 16.7 Å². The maximum atomic E-state index is 4.74. The van der Waals surface area contributed by atoms with Crippen molar-refractivity contribution in [1.82, 2.24) is 4.98 Å². The number of nitrogens with zero attached hydrogens (tertiary/aromatic N) is 1. The zero-order chi connectivity index (χ0) is 13.8. The Hall–Kier alpha value is -2.41. The largest absolute Gasteiger partial charge is 0.257 e. The monoisotopic (exact) mass is 259 g/mol. The quantitative estimate of drug-likeness (QED) is 0.667. The maximum absolute atomic E-state index is 4.74. The maximum Gasteiger partial charge on any atom is 0.0528 e. The summed E-state index contributed by atoms with van der Waals surface area (Å²) in [4.78, 5) is 4.74. The van der Waals surface area contributed by atoms with E-state index in [4.69, 9.17) is 4.98 Å². The van der Waals surface area contributed by atoms with Gasteiger partial charge in [0, 0.05) is 17.7 Å². The predicted octanol–water partition coefficient (Wildman–Crippen LogP) is 4.65. The van der Waals surface area contributed by atoms with Crippen LogP contribution in [0.15, 0.2) is 72.8 Å². The van der Waals surface area contributed by atoms with Gasteiger partial charge in [-0.3, -0.25) is 4.98 Å². The van der Waals surface area contributed by atoms with Crippen LogP contribution in [0.5, 0.6) is 0 Å². The second-order valence-electron chi connectivity index (χ2n) is 4.98. The van der Waals surface area contributed by atoms with Crippen molar-refractivity contribution >= 4 is 0 Å². The fourth-order valence-electron chi connectivity index (χ4n) is 2.42. The average molecular weight is 259 g/mol. The summed E-state index contributed by atoms with van der Waals surface area (Å²) in [6.45, 7) is 2.04. The van der Waals surface area contributed by atoms with E-state index in [2.05, 4.69) is 60.7 Å². The smallest absolute Gasteiger partial charge is 0.0528 e. The zero-order valence-corrected chi connectivity index (χ0v) is 11.6. The van der Waals surface area contributed by atoms with Crippen LogP contribution in [0.2, 0.25) is 0 Å². The summed E-state index contributed by atoms with van der Waals surface area (Å²) in [5.74, 6) is 0. The summed E-state index contributed by atoms with van der Waals surface area (Å²) in [6, 6.07) is 25.2. The van der Waals surface area contributed by atoms with Crippen molar-refractivity contribution in [2.24, 2.45) is 0 Å². The van der Waals surface area contributed by atoms with Gasteiger partial charge in [-0.25, -0.2) is 0 Å². The molecule has 0 saturated heterocycles. The molecule has 0 spiro atoms. The van der Waals surface area contributed by atoms with Crippen molar-refractivity contribution in [3.8, 4) is 11.1 Å². The number of benzene rings is 2. The first-order chi connectivity index (χ1) is 9.83. The minimum atomic E-state index is 0.868. The average Bonchev–Trinajstić information content (AvgIpc) is 2.49. The summed E-state index contributed by atoms with van der Waals surface area (Å²) >= 11 is 0. The second kappa shape index (κ2) is 5.70. The molecule has 0 aliphatic carbocycles. The van der Waals surface area contributed by atoms with E-state index in [1.807, 2.05) is 19.1 Å². The Kier molecular flexibility index (Phi) is 3.60. The van der Waals surface area contributed by atoms with E-state index < -0.39 is 0 Å². The first-order valence-electron chi connectivity index (χ1n) is 6.89. The highest BCUT2D eigenvalue weighted by Crippen LogP contribution is 2.24. The predicted molar refractivity (Wildman–Crippen MR) is 83.7 cm³/mol. The minimum Gasteiger partial charge on any atom is -0.257 e. The summed E-state index contributed by atoms with van der Waals surface area (Å²) in [5, 5.41) is 0. The third-order valence-corrected chi connectivity index (χ3v) is 3.41. The Morgan fingerprint density at radius 1 is 0.750 bits per heavy atom. The summed E-state index contributed by atoms with van der Waals surface area (Å²) in [7, 11) is 0. The number of hydrogen-bond donors (Lipinski definition) is 0. The van der Waals surface area contributed by atoms with Gasteiger partial charge in [-0.15, -0.1) is 0 Å². The molecule has 0 fully saturated rings. The Morgan fingerprint density at radius 2 is 1.40 bits per heavy atom. The Morgan fingerprint density at radius 3 is 2.10 bits per heavy atom. The summed E-state index contributed by atoms with van der Waals surface area (Å²) in [5.41, 5.74) is 5.95. The first-order valence-corrected chi connectivity index (χ1v) is 6.89. The molecule has 1 aromatic heterocycles. The van der Waals surface area contributed by atoms with E-state index >= 15 is 0 Å². The molecule has 0 aliphatic rings. The number of aryl methyl sites for hydroxylation is 1. The van der Waals surface area contributed by atoms with Crippen LogP contribution < -0.4 is 0 Å². The van der Waals surface area contributed by atoms with Crippen LogP contribution >= 0.6 is 0 Å². The lowest BCUT2D eigenvalue weighted by atomic mass is 9.99. The number of pyridine rings is 1. The number of rotatable bonds is 3. The molecule has 1 heterocycles. The molecule has 0 N–H and O–H groups in total. The second-order valence-corrected chi connectivity index (χ2v) is 4.98. The standard InChI is InChI=1S/C19H17N/c1-15-12-13-18(17-10-6-3-7-11-17)19(20-15)14-16-8-4-2-5-9-16/h2-13H,14H2,1H3. The van der Waals surface area contributed by atoms with Gasteiger partial charge < -0.3 is 0 Å². The molecular weight excluding hydrogens is 242 g/mol. The molecule has 0 bridgehead atoms. The first kappa shape index (κ1) is 12.6. The van der Waals surface area contributed by atoms with Crippen LogP contribution in [0, 0.1) is 6.92 Å². The third kappa shape index (κ3) is 2.77. The highest BCUT2D eigenvalue weighted by Gasteiger charge is 2.07. The lowest BCUT2D eigenvalue weighted by Gasteiger charge is -2.10. The zero-order valence-electron chi connectivity index (χ0n) is 11.6. The van der Waals surface area contributed by atoms with E-state index in [9.17, 15) is 0 Å². The minimum absolute atomic E-state index is 0.868. The van der Waals surface area contributed by atoms with Crippen molar-refractivity contribution in [3.63, 3.8) is 0 Å². The van der Waals surface area contributed by atoms with Gasteiger partial charge in [-0.2, -0.15) is 0 Å². The molecule has 0 aliphatic heterocycles. The van der Waals surface area contributed by atoms with E-state index in [1.54, 1.807) is 0 Å². The molecular formula is C19H17N. The van der Waals surface area contributed by atoms with Crippen molar-refractivity contribution in [2.75, 3.05) is 0 Å². The molecule has 3 aromatic rings. The van der Waals surface area contributed by atoms with Crippen LogP contribution in [-0.4, -0.2) is 4.98 Å². The van der Waals surface area contributed by atoms with Crippen LogP contribution in [-0.2, 0) is 6.42 Å². The van der Waals surface area contributed by atoms with E-state index in [-0.39, 0.29) is 0 Å².